The van der Waals surface area contributed by atoms with Crippen molar-refractivity contribution in [3.05, 3.63) is 35.4 Å². The number of aromatic amines is 1. The maximum absolute atomic E-state index is 13.2. The van der Waals surface area contributed by atoms with Gasteiger partial charge >= 0.3 is 0 Å². The van der Waals surface area contributed by atoms with Gasteiger partial charge in [-0.3, -0.25) is 19.4 Å². The Morgan fingerprint density at radius 2 is 1.83 bits per heavy atom. The molecule has 1 atom stereocenters. The Morgan fingerprint density at radius 1 is 1.07 bits per heavy atom. The minimum absolute atomic E-state index is 0.0329. The van der Waals surface area contributed by atoms with Crippen molar-refractivity contribution in [1.82, 2.24) is 29.8 Å². The van der Waals surface area contributed by atoms with Crippen LogP contribution in [-0.4, -0.2) is 67.8 Å². The van der Waals surface area contributed by atoms with Crippen molar-refractivity contribution < 1.29 is 9.59 Å². The number of rotatable bonds is 5. The van der Waals surface area contributed by atoms with Gasteiger partial charge in [0.05, 0.1) is 17.5 Å². The molecule has 4 heterocycles. The number of hydrogen-bond donors (Lipinski definition) is 1. The van der Waals surface area contributed by atoms with Gasteiger partial charge in [-0.15, -0.1) is 0 Å². The molecule has 2 saturated heterocycles. The minimum atomic E-state index is -0.0329. The van der Waals surface area contributed by atoms with Crippen molar-refractivity contribution in [3.63, 3.8) is 0 Å². The van der Waals surface area contributed by atoms with Gasteiger partial charge in [-0.25, -0.2) is 0 Å². The fourth-order valence-corrected chi connectivity index (χ4v) is 4.61. The standard InChI is InChI=1S/C22H32N6O2/c1-2-10-28-14-9-19(25-28)22(30)27-13-7-8-17(16-27)20-18(15-23-24-20)21(29)26-11-5-3-4-6-12-26/h9,14-15,17H,2-8,10-13,16H2,1H3,(H,23,24). The summed E-state index contributed by atoms with van der Waals surface area (Å²) in [6.45, 7) is 5.85. The number of carbonyl (C=O) groups is 2. The molecule has 2 fully saturated rings. The summed E-state index contributed by atoms with van der Waals surface area (Å²) in [6, 6.07) is 1.80. The molecule has 4 rings (SSSR count). The molecule has 0 spiro atoms. The number of nitrogens with zero attached hydrogens (tertiary/aromatic N) is 5. The van der Waals surface area contributed by atoms with E-state index in [1.54, 1.807) is 12.3 Å². The summed E-state index contributed by atoms with van der Waals surface area (Å²) < 4.78 is 1.82. The third-order valence-electron chi connectivity index (χ3n) is 6.22. The molecular weight excluding hydrogens is 380 g/mol. The summed E-state index contributed by atoms with van der Waals surface area (Å²) in [4.78, 5) is 30.0. The van der Waals surface area contributed by atoms with Gasteiger partial charge in [0.25, 0.3) is 11.8 Å². The first-order chi connectivity index (χ1) is 14.7. The van der Waals surface area contributed by atoms with Gasteiger partial charge < -0.3 is 9.80 Å². The second-order valence-corrected chi connectivity index (χ2v) is 8.46. The fraction of sp³-hybridized carbons (Fsp3) is 0.636. The fourth-order valence-electron chi connectivity index (χ4n) is 4.61. The monoisotopic (exact) mass is 412 g/mol. The molecule has 8 heteroatoms. The predicted molar refractivity (Wildman–Crippen MR) is 113 cm³/mol. The lowest BCUT2D eigenvalue weighted by Gasteiger charge is -2.32. The number of likely N-dealkylation sites (tertiary alicyclic amines) is 2. The summed E-state index contributed by atoms with van der Waals surface area (Å²) in [5, 5.41) is 11.7. The number of amides is 2. The molecule has 162 valence electrons. The maximum atomic E-state index is 13.2. The van der Waals surface area contributed by atoms with E-state index in [2.05, 4.69) is 22.2 Å². The summed E-state index contributed by atoms with van der Waals surface area (Å²) in [7, 11) is 0. The predicted octanol–water partition coefficient (Wildman–Crippen LogP) is 3.05. The molecule has 2 aromatic heterocycles. The average Bonchev–Trinajstić information content (AvgIpc) is 3.36. The van der Waals surface area contributed by atoms with Crippen molar-refractivity contribution in [1.29, 1.82) is 0 Å². The zero-order chi connectivity index (χ0) is 20.9. The van der Waals surface area contributed by atoms with Gasteiger partial charge in [-0.05, 0) is 38.2 Å². The van der Waals surface area contributed by atoms with E-state index >= 15 is 0 Å². The molecular formula is C22H32N6O2. The first kappa shape index (κ1) is 20.6. The number of H-pyrrole nitrogens is 1. The highest BCUT2D eigenvalue weighted by Gasteiger charge is 2.31. The van der Waals surface area contributed by atoms with E-state index in [4.69, 9.17) is 0 Å². The topological polar surface area (TPSA) is 87.1 Å². The van der Waals surface area contributed by atoms with Crippen LogP contribution in [0.2, 0.25) is 0 Å². The lowest BCUT2D eigenvalue weighted by Crippen LogP contribution is -2.40. The maximum Gasteiger partial charge on any atom is 0.274 e. The molecule has 30 heavy (non-hydrogen) atoms. The summed E-state index contributed by atoms with van der Waals surface area (Å²) >= 11 is 0. The summed E-state index contributed by atoms with van der Waals surface area (Å²) in [6.07, 6.45) is 10.9. The molecule has 1 unspecified atom stereocenters. The Balaban J connectivity index is 1.46. The molecule has 0 radical (unpaired) electrons. The largest absolute Gasteiger partial charge is 0.339 e. The van der Waals surface area contributed by atoms with Crippen LogP contribution >= 0.6 is 0 Å². The molecule has 0 saturated carbocycles. The number of aryl methyl sites for hydroxylation is 1. The van der Waals surface area contributed by atoms with Crippen molar-refractivity contribution in [2.75, 3.05) is 26.2 Å². The second kappa shape index (κ2) is 9.45. The van der Waals surface area contributed by atoms with E-state index in [1.807, 2.05) is 20.7 Å². The first-order valence-corrected chi connectivity index (χ1v) is 11.3. The summed E-state index contributed by atoms with van der Waals surface area (Å²) in [5.41, 5.74) is 2.04. The van der Waals surface area contributed by atoms with E-state index in [-0.39, 0.29) is 17.7 Å². The highest BCUT2D eigenvalue weighted by Crippen LogP contribution is 2.29. The Hall–Kier alpha value is -2.64. The van der Waals surface area contributed by atoms with Gasteiger partial charge in [0.15, 0.2) is 0 Å². The highest BCUT2D eigenvalue weighted by molar-refractivity contribution is 5.95. The lowest BCUT2D eigenvalue weighted by atomic mass is 9.92. The van der Waals surface area contributed by atoms with E-state index in [0.717, 1.165) is 64.0 Å². The van der Waals surface area contributed by atoms with Crippen molar-refractivity contribution in [2.45, 2.75) is 64.3 Å². The van der Waals surface area contributed by atoms with Gasteiger partial charge in [0.1, 0.15) is 5.69 Å². The Bertz CT molecular complexity index is 865. The van der Waals surface area contributed by atoms with E-state index in [9.17, 15) is 9.59 Å². The van der Waals surface area contributed by atoms with Crippen LogP contribution in [0.3, 0.4) is 0 Å². The third kappa shape index (κ3) is 4.42. The van der Waals surface area contributed by atoms with Crippen LogP contribution in [0.1, 0.15) is 84.3 Å². The van der Waals surface area contributed by atoms with Crippen LogP contribution in [0.5, 0.6) is 0 Å². The lowest BCUT2D eigenvalue weighted by molar-refractivity contribution is 0.0698. The molecule has 2 aliphatic rings. The number of aromatic nitrogens is 4. The smallest absolute Gasteiger partial charge is 0.274 e. The molecule has 0 aromatic carbocycles. The van der Waals surface area contributed by atoms with Gasteiger partial charge in [-0.1, -0.05) is 19.8 Å². The average molecular weight is 413 g/mol. The van der Waals surface area contributed by atoms with Crippen LogP contribution in [0.4, 0.5) is 0 Å². The zero-order valence-corrected chi connectivity index (χ0v) is 17.8. The molecule has 0 aliphatic carbocycles. The van der Waals surface area contributed by atoms with Gasteiger partial charge in [0, 0.05) is 44.8 Å². The Labute approximate surface area is 177 Å². The zero-order valence-electron chi connectivity index (χ0n) is 17.8. The molecule has 0 bridgehead atoms. The number of piperidine rings is 1. The van der Waals surface area contributed by atoms with Crippen molar-refractivity contribution >= 4 is 11.8 Å². The van der Waals surface area contributed by atoms with E-state index in [1.165, 1.54) is 12.8 Å². The van der Waals surface area contributed by atoms with Gasteiger partial charge in [-0.2, -0.15) is 10.2 Å². The van der Waals surface area contributed by atoms with Crippen LogP contribution in [0, 0.1) is 0 Å². The molecule has 2 amide bonds. The van der Waals surface area contributed by atoms with Crippen molar-refractivity contribution in [3.8, 4) is 0 Å². The summed E-state index contributed by atoms with van der Waals surface area (Å²) in [5.74, 6) is 0.130. The van der Waals surface area contributed by atoms with Gasteiger partial charge in [0.2, 0.25) is 0 Å². The van der Waals surface area contributed by atoms with Crippen LogP contribution in [0.25, 0.3) is 0 Å². The number of nitrogens with one attached hydrogen (secondary N) is 1. The first-order valence-electron chi connectivity index (χ1n) is 11.3. The van der Waals surface area contributed by atoms with Crippen LogP contribution in [-0.2, 0) is 6.54 Å². The Kier molecular flexibility index (Phi) is 6.50. The third-order valence-corrected chi connectivity index (χ3v) is 6.22. The molecule has 8 nitrogen and oxygen atoms in total. The minimum Gasteiger partial charge on any atom is -0.339 e. The van der Waals surface area contributed by atoms with E-state index in [0.29, 0.717) is 17.8 Å². The van der Waals surface area contributed by atoms with E-state index < -0.39 is 0 Å². The molecule has 2 aliphatic heterocycles. The number of carbonyl (C=O) groups excluding carboxylic acids is 2. The SMILES string of the molecule is CCCn1ccc(C(=O)N2CCCC(c3[nH]ncc3C(=O)N3CCCCCC3)C2)n1. The Morgan fingerprint density at radius 3 is 2.60 bits per heavy atom. The normalized spacial score (nSPS) is 20.2. The quantitative estimate of drug-likeness (QED) is 0.818. The second-order valence-electron chi connectivity index (χ2n) is 8.46. The highest BCUT2D eigenvalue weighted by atomic mass is 16.2. The molecule has 2 aromatic rings. The molecule has 1 N–H and O–H groups in total. The van der Waals surface area contributed by atoms with Crippen molar-refractivity contribution in [2.24, 2.45) is 0 Å². The number of hydrogen-bond acceptors (Lipinski definition) is 4. The van der Waals surface area contributed by atoms with Crippen LogP contribution < -0.4 is 0 Å². The van der Waals surface area contributed by atoms with Crippen LogP contribution in [0.15, 0.2) is 18.5 Å².